The molecule has 0 bridgehead atoms. The molecule has 0 spiro atoms. The first kappa shape index (κ1) is 14.8. The lowest BCUT2D eigenvalue weighted by Crippen LogP contribution is -2.36. The van der Waals surface area contributed by atoms with Crippen LogP contribution in [-0.4, -0.2) is 30.4 Å². The van der Waals surface area contributed by atoms with Crippen LogP contribution >= 0.6 is 0 Å². The Hall–Kier alpha value is -1.28. The molecule has 0 aromatic carbocycles. The number of aliphatic hydroxyl groups excluding tert-OH is 1. The summed E-state index contributed by atoms with van der Waals surface area (Å²) in [4.78, 5) is 0. The Bertz CT molecular complexity index is 342. The first-order valence-corrected chi connectivity index (χ1v) is 6.24. The molecule has 0 radical (unpaired) electrons. The molecular weight excluding hydrogens is 230 g/mol. The van der Waals surface area contributed by atoms with Crippen molar-refractivity contribution in [3.8, 4) is 12.3 Å². The van der Waals surface area contributed by atoms with E-state index in [9.17, 15) is 5.11 Å². The van der Waals surface area contributed by atoms with Crippen molar-refractivity contribution >= 4 is 0 Å². The molecule has 2 atom stereocenters. The Kier molecular flexibility index (Phi) is 7.19. The molecule has 1 aromatic rings. The molecule has 1 rings (SSSR count). The summed E-state index contributed by atoms with van der Waals surface area (Å²) in [5, 5.41) is 12.8. The lowest BCUT2D eigenvalue weighted by Gasteiger charge is -2.15. The molecule has 0 fully saturated rings. The second-order valence-electron chi connectivity index (χ2n) is 4.16. The summed E-state index contributed by atoms with van der Waals surface area (Å²) in [5.41, 5.74) is 0. The zero-order valence-corrected chi connectivity index (χ0v) is 10.8. The normalized spacial score (nSPS) is 14.1. The molecule has 100 valence electrons. The number of nitrogens with one attached hydrogen (secondary N) is 1. The summed E-state index contributed by atoms with van der Waals surface area (Å²) < 4.78 is 10.4. The number of furan rings is 1. The van der Waals surface area contributed by atoms with Gasteiger partial charge in [0.1, 0.15) is 12.4 Å². The zero-order valence-electron chi connectivity index (χ0n) is 10.8. The highest BCUT2D eigenvalue weighted by atomic mass is 16.5. The maximum atomic E-state index is 9.70. The van der Waals surface area contributed by atoms with Crippen LogP contribution in [-0.2, 0) is 11.3 Å². The predicted molar refractivity (Wildman–Crippen MR) is 69.9 cm³/mol. The van der Waals surface area contributed by atoms with E-state index < -0.39 is 6.10 Å². The Balaban J connectivity index is 2.10. The fourth-order valence-corrected chi connectivity index (χ4v) is 1.56. The van der Waals surface area contributed by atoms with E-state index in [2.05, 4.69) is 18.2 Å². The molecule has 0 aliphatic rings. The van der Waals surface area contributed by atoms with Crippen LogP contribution in [0.4, 0.5) is 0 Å². The average Bonchev–Trinajstić information content (AvgIpc) is 2.87. The van der Waals surface area contributed by atoms with Gasteiger partial charge in [-0.05, 0) is 18.6 Å². The van der Waals surface area contributed by atoms with Crippen molar-refractivity contribution in [1.82, 2.24) is 5.32 Å². The molecule has 2 N–H and O–H groups in total. The highest BCUT2D eigenvalue weighted by molar-refractivity contribution is 4.98. The largest absolute Gasteiger partial charge is 0.467 e. The van der Waals surface area contributed by atoms with Crippen LogP contribution in [0.2, 0.25) is 0 Å². The minimum atomic E-state index is -0.562. The SMILES string of the molecule is C#CC(CCC)NCC(O)COCc1ccco1. The van der Waals surface area contributed by atoms with Gasteiger partial charge in [0.05, 0.1) is 25.0 Å². The predicted octanol–water partition coefficient (Wildman–Crippen LogP) is 1.55. The van der Waals surface area contributed by atoms with Gasteiger partial charge in [-0.3, -0.25) is 0 Å². The Morgan fingerprint density at radius 2 is 2.44 bits per heavy atom. The van der Waals surface area contributed by atoms with E-state index >= 15 is 0 Å². The van der Waals surface area contributed by atoms with Gasteiger partial charge in [-0.2, -0.15) is 0 Å². The van der Waals surface area contributed by atoms with Crippen LogP contribution < -0.4 is 5.32 Å². The number of aliphatic hydroxyl groups is 1. The second-order valence-corrected chi connectivity index (χ2v) is 4.16. The molecule has 2 unspecified atom stereocenters. The van der Waals surface area contributed by atoms with E-state index in [-0.39, 0.29) is 12.6 Å². The van der Waals surface area contributed by atoms with E-state index in [1.54, 1.807) is 12.3 Å². The van der Waals surface area contributed by atoms with Gasteiger partial charge < -0.3 is 19.6 Å². The first-order chi connectivity index (χ1) is 8.76. The minimum Gasteiger partial charge on any atom is -0.467 e. The van der Waals surface area contributed by atoms with Crippen LogP contribution in [0.25, 0.3) is 0 Å². The number of terminal acetylenes is 1. The van der Waals surface area contributed by atoms with E-state index in [1.807, 2.05) is 6.07 Å². The van der Waals surface area contributed by atoms with Crippen molar-refractivity contribution < 1.29 is 14.3 Å². The zero-order chi connectivity index (χ0) is 13.2. The van der Waals surface area contributed by atoms with Gasteiger partial charge in [0.25, 0.3) is 0 Å². The fraction of sp³-hybridized carbons (Fsp3) is 0.571. The van der Waals surface area contributed by atoms with Crippen molar-refractivity contribution in [1.29, 1.82) is 0 Å². The van der Waals surface area contributed by atoms with Gasteiger partial charge in [0.15, 0.2) is 0 Å². The smallest absolute Gasteiger partial charge is 0.129 e. The summed E-state index contributed by atoms with van der Waals surface area (Å²) in [6.07, 6.45) is 8.34. The van der Waals surface area contributed by atoms with Crippen LogP contribution in [0, 0.1) is 12.3 Å². The Labute approximate surface area is 108 Å². The minimum absolute atomic E-state index is 0.0229. The van der Waals surface area contributed by atoms with E-state index in [0.29, 0.717) is 13.2 Å². The van der Waals surface area contributed by atoms with Crippen molar-refractivity contribution in [2.24, 2.45) is 0 Å². The second kappa shape index (κ2) is 8.76. The molecule has 0 saturated carbocycles. The average molecular weight is 251 g/mol. The van der Waals surface area contributed by atoms with Gasteiger partial charge in [-0.1, -0.05) is 19.3 Å². The highest BCUT2D eigenvalue weighted by Gasteiger charge is 2.08. The van der Waals surface area contributed by atoms with Crippen LogP contribution in [0.1, 0.15) is 25.5 Å². The molecule has 18 heavy (non-hydrogen) atoms. The molecule has 1 aromatic heterocycles. The van der Waals surface area contributed by atoms with Crippen LogP contribution in [0.15, 0.2) is 22.8 Å². The van der Waals surface area contributed by atoms with Gasteiger partial charge in [0.2, 0.25) is 0 Å². The van der Waals surface area contributed by atoms with Gasteiger partial charge >= 0.3 is 0 Å². The Morgan fingerprint density at radius 1 is 1.61 bits per heavy atom. The third kappa shape index (κ3) is 5.87. The quantitative estimate of drug-likeness (QED) is 0.654. The topological polar surface area (TPSA) is 54.6 Å². The monoisotopic (exact) mass is 251 g/mol. The molecule has 0 aliphatic carbocycles. The summed E-state index contributed by atoms with van der Waals surface area (Å²) in [6, 6.07) is 3.66. The maximum Gasteiger partial charge on any atom is 0.129 e. The Morgan fingerprint density at radius 3 is 3.06 bits per heavy atom. The molecule has 4 heteroatoms. The van der Waals surface area contributed by atoms with Crippen LogP contribution in [0.3, 0.4) is 0 Å². The lowest BCUT2D eigenvalue weighted by atomic mass is 10.2. The molecule has 0 aliphatic heterocycles. The molecule has 0 amide bonds. The van der Waals surface area contributed by atoms with E-state index in [4.69, 9.17) is 15.6 Å². The van der Waals surface area contributed by atoms with Crippen molar-refractivity contribution in [2.75, 3.05) is 13.2 Å². The van der Waals surface area contributed by atoms with Gasteiger partial charge in [0, 0.05) is 6.54 Å². The molecule has 4 nitrogen and oxygen atoms in total. The van der Waals surface area contributed by atoms with Gasteiger partial charge in [-0.25, -0.2) is 0 Å². The molecule has 1 heterocycles. The summed E-state index contributed by atoms with van der Waals surface area (Å²) in [5.74, 6) is 3.41. The maximum absolute atomic E-state index is 9.70. The third-order valence-corrected chi connectivity index (χ3v) is 2.51. The summed E-state index contributed by atoms with van der Waals surface area (Å²) >= 11 is 0. The van der Waals surface area contributed by atoms with E-state index in [0.717, 1.165) is 18.6 Å². The van der Waals surface area contributed by atoms with E-state index in [1.165, 1.54) is 0 Å². The van der Waals surface area contributed by atoms with Crippen molar-refractivity contribution in [2.45, 2.75) is 38.5 Å². The highest BCUT2D eigenvalue weighted by Crippen LogP contribution is 2.02. The van der Waals surface area contributed by atoms with Crippen LogP contribution in [0.5, 0.6) is 0 Å². The molecule has 0 saturated heterocycles. The lowest BCUT2D eigenvalue weighted by molar-refractivity contribution is 0.0221. The number of ether oxygens (including phenoxy) is 1. The fourth-order valence-electron chi connectivity index (χ4n) is 1.56. The number of hydrogen-bond donors (Lipinski definition) is 2. The number of hydrogen-bond acceptors (Lipinski definition) is 4. The summed E-state index contributed by atoms with van der Waals surface area (Å²) in [7, 11) is 0. The van der Waals surface area contributed by atoms with Crippen molar-refractivity contribution in [3.05, 3.63) is 24.2 Å². The third-order valence-electron chi connectivity index (χ3n) is 2.51. The van der Waals surface area contributed by atoms with Crippen molar-refractivity contribution in [3.63, 3.8) is 0 Å². The number of rotatable bonds is 9. The first-order valence-electron chi connectivity index (χ1n) is 6.24. The summed E-state index contributed by atoms with van der Waals surface area (Å²) in [6.45, 7) is 3.15. The molecular formula is C14H21NO3. The van der Waals surface area contributed by atoms with Gasteiger partial charge in [-0.15, -0.1) is 6.42 Å². The standard InChI is InChI=1S/C14H21NO3/c1-3-6-12(4-2)15-9-13(16)10-17-11-14-7-5-8-18-14/h2,5,7-8,12-13,15-16H,3,6,9-11H2,1H3.